The van der Waals surface area contributed by atoms with Gasteiger partial charge in [0.2, 0.25) is 0 Å². The van der Waals surface area contributed by atoms with E-state index in [0.717, 1.165) is 0 Å². The van der Waals surface area contributed by atoms with Crippen LogP contribution in [0.3, 0.4) is 0 Å². The van der Waals surface area contributed by atoms with Crippen LogP contribution < -0.4 is 48.4 Å². The Labute approximate surface area is 249 Å². The van der Waals surface area contributed by atoms with E-state index in [0.29, 0.717) is 12.1 Å². The maximum absolute atomic E-state index is 4.82. The quantitative estimate of drug-likeness (QED) is 0.365. The Bertz CT molecular complexity index is 263. The van der Waals surface area contributed by atoms with Crippen LogP contribution in [0.5, 0.6) is 0 Å². The molecule has 8 heteroatoms. The summed E-state index contributed by atoms with van der Waals surface area (Å²) in [6, 6.07) is 1.000. The molecule has 164 valence electrons. The summed E-state index contributed by atoms with van der Waals surface area (Å²) in [5.74, 6) is 0. The van der Waals surface area contributed by atoms with E-state index < -0.39 is 16.5 Å². The summed E-state index contributed by atoms with van der Waals surface area (Å²) in [6.07, 6.45) is 8.38. The number of hydrogen-bond acceptors (Lipinski definition) is 0. The smallest absolute Gasteiger partial charge is 1.00 e. The fourth-order valence-corrected chi connectivity index (χ4v) is 10.7. The second kappa shape index (κ2) is 32.1. The molecule has 0 saturated carbocycles. The maximum atomic E-state index is 4.82. The van der Waals surface area contributed by atoms with Crippen molar-refractivity contribution in [1.29, 1.82) is 0 Å². The standard InChI is InChI=1S/C6H18NSi2.C6H14N.C6H13.C4H9.3Li.Na/c1-8(2,3)7-9(4,5)6;1-5(2)7-6(3)4;1-3-5-6-4-2;1-3-4-2;;;;/h1-6H3;5-6H,1-4H3;1,3-6H2,2H3;1,3-4H2,2H3;;;;/q2*-1;;;;;2*+1. The molecule has 30 heavy (non-hydrogen) atoms. The van der Waals surface area contributed by atoms with Gasteiger partial charge in [-0.3, -0.25) is 0 Å². The molecule has 0 saturated heterocycles. The van der Waals surface area contributed by atoms with E-state index in [1.807, 2.05) is 0 Å². The van der Waals surface area contributed by atoms with Gasteiger partial charge in [-0.05, 0) is 0 Å². The predicted molar refractivity (Wildman–Crippen MR) is 144 cm³/mol. The van der Waals surface area contributed by atoms with Crippen LogP contribution in [0.1, 0.15) is 80.1 Å². The molecule has 0 spiro atoms. The van der Waals surface area contributed by atoms with Gasteiger partial charge in [-0.15, -0.1) is 12.1 Å². The SMILES string of the molecule is CC(C)[N-]C(C)C.C[Si](C)(C)[N-][Si](C)(C)C.[Li+].[Li][CH2]CCC.[Li][CH2]CCCCC.[Na+]. The van der Waals surface area contributed by atoms with Crippen molar-refractivity contribution in [3.05, 3.63) is 9.96 Å². The van der Waals surface area contributed by atoms with Crippen molar-refractivity contribution in [2.45, 2.75) is 142 Å². The Balaban J connectivity index is -0.0000000638. The molecule has 0 bridgehead atoms. The summed E-state index contributed by atoms with van der Waals surface area (Å²) in [7, 11) is -2.21. The fraction of sp³-hybridized carbons (Fsp3) is 1.00. The van der Waals surface area contributed by atoms with E-state index in [-0.39, 0.29) is 48.4 Å². The van der Waals surface area contributed by atoms with Gasteiger partial charge in [0, 0.05) is 0 Å². The average molecular weight is 447 g/mol. The molecule has 0 amide bonds. The van der Waals surface area contributed by atoms with Crippen LogP contribution in [0.2, 0.25) is 49.5 Å². The van der Waals surface area contributed by atoms with Crippen molar-refractivity contribution >= 4 is 51.9 Å². The van der Waals surface area contributed by atoms with Crippen LogP contribution in [0.15, 0.2) is 0 Å². The normalized spacial score (nSPS) is 10.5. The minimum Gasteiger partial charge on any atom is 1.00 e. The van der Waals surface area contributed by atoms with Gasteiger partial charge in [0.05, 0.1) is 0 Å². The molecule has 0 rings (SSSR count). The minimum atomic E-state index is -1.11. The van der Waals surface area contributed by atoms with Gasteiger partial charge in [0.25, 0.3) is 0 Å². The molecule has 0 aliphatic carbocycles. The van der Waals surface area contributed by atoms with Gasteiger partial charge in [-0.25, -0.2) is 0 Å². The molecule has 0 atom stereocenters. The molecule has 0 aromatic rings. The van der Waals surface area contributed by atoms with Crippen LogP contribution in [0.4, 0.5) is 0 Å². The summed E-state index contributed by atoms with van der Waals surface area (Å²) in [4.78, 5) is 0. The summed E-state index contributed by atoms with van der Waals surface area (Å²) in [5.41, 5.74) is 0. The minimum absolute atomic E-state index is 0. The van der Waals surface area contributed by atoms with Crippen LogP contribution in [-0.4, -0.2) is 64.0 Å². The summed E-state index contributed by atoms with van der Waals surface area (Å²) in [6.45, 7) is 26.6. The molecule has 0 N–H and O–H groups in total. The number of unbranched alkanes of at least 4 members (excludes halogenated alkanes) is 4. The van der Waals surface area contributed by atoms with Crippen molar-refractivity contribution in [2.24, 2.45) is 0 Å². The van der Waals surface area contributed by atoms with E-state index in [1.54, 1.807) is 0 Å². The molecule has 0 aromatic heterocycles. The molecule has 0 aliphatic heterocycles. The maximum Gasteiger partial charge on any atom is 1.00 e. The third-order valence-corrected chi connectivity index (χ3v) is 8.55. The number of hydrogen-bond donors (Lipinski definition) is 0. The first kappa shape index (κ1) is 46.5. The van der Waals surface area contributed by atoms with Gasteiger partial charge in [0.15, 0.2) is 0 Å². The molecule has 2 nitrogen and oxygen atoms in total. The van der Waals surface area contributed by atoms with Crippen molar-refractivity contribution in [3.8, 4) is 0 Å². The number of rotatable bonds is 10. The zero-order valence-corrected chi connectivity index (χ0v) is 28.7. The van der Waals surface area contributed by atoms with Crippen LogP contribution >= 0.6 is 0 Å². The molecular formula is C22H54Li3N2NaSi2. The van der Waals surface area contributed by atoms with E-state index in [1.165, 1.54) is 48.7 Å². The Morgan fingerprint density at radius 1 is 0.633 bits per heavy atom. The van der Waals surface area contributed by atoms with E-state index in [2.05, 4.69) is 122 Å². The zero-order valence-electron chi connectivity index (χ0n) is 24.7. The fourth-order valence-electron chi connectivity index (χ4n) is 2.63. The van der Waals surface area contributed by atoms with E-state index in [4.69, 9.17) is 4.65 Å². The van der Waals surface area contributed by atoms with Gasteiger partial charge in [0.1, 0.15) is 0 Å². The molecule has 0 fully saturated rings. The van der Waals surface area contributed by atoms with Gasteiger partial charge < -0.3 is 9.96 Å². The summed E-state index contributed by atoms with van der Waals surface area (Å²) < 4.78 is 4.82. The van der Waals surface area contributed by atoms with E-state index >= 15 is 0 Å². The topological polar surface area (TPSA) is 28.2 Å². The second-order valence-electron chi connectivity index (χ2n) is 10.2. The molecule has 0 radical (unpaired) electrons. The first-order chi connectivity index (χ1) is 12.7. The largest absolute Gasteiger partial charge is 1.00 e. The van der Waals surface area contributed by atoms with Crippen molar-refractivity contribution in [1.82, 2.24) is 0 Å². The number of nitrogens with zero attached hydrogens (tertiary/aromatic N) is 2. The van der Waals surface area contributed by atoms with Gasteiger partial charge in [-0.1, -0.05) is 83.4 Å². The van der Waals surface area contributed by atoms with Crippen LogP contribution in [0.25, 0.3) is 9.96 Å². The summed E-state index contributed by atoms with van der Waals surface area (Å²) in [5, 5.41) is 6.98. The van der Waals surface area contributed by atoms with Crippen LogP contribution in [-0.2, 0) is 0 Å². The Morgan fingerprint density at radius 2 is 0.967 bits per heavy atom. The van der Waals surface area contributed by atoms with E-state index in [9.17, 15) is 0 Å². The Kier molecular flexibility index (Phi) is 49.8. The van der Waals surface area contributed by atoms with Crippen molar-refractivity contribution < 1.29 is 48.4 Å². The first-order valence-electron chi connectivity index (χ1n) is 12.1. The average Bonchev–Trinajstić information content (AvgIpc) is 2.45. The first-order valence-corrected chi connectivity index (χ1v) is 19.0. The predicted octanol–water partition coefficient (Wildman–Crippen LogP) is 2.74. The van der Waals surface area contributed by atoms with Gasteiger partial charge >= 0.3 is 146 Å². The Hall–Kier alpha value is 3.15. The Morgan fingerprint density at radius 3 is 1.07 bits per heavy atom. The molecule has 0 unspecified atom stereocenters. The summed E-state index contributed by atoms with van der Waals surface area (Å²) >= 11 is 4.46. The molecular weight excluding hydrogens is 392 g/mol. The third-order valence-electron chi connectivity index (χ3n) is 3.18. The molecule has 0 aromatic carbocycles. The monoisotopic (exact) mass is 446 g/mol. The van der Waals surface area contributed by atoms with Gasteiger partial charge in [-0.2, -0.15) is 0 Å². The molecule has 0 heterocycles. The van der Waals surface area contributed by atoms with Crippen LogP contribution in [0, 0.1) is 0 Å². The zero-order chi connectivity index (χ0) is 23.2. The molecule has 0 aliphatic rings. The second-order valence-corrected chi connectivity index (χ2v) is 19.8. The van der Waals surface area contributed by atoms with Crippen molar-refractivity contribution in [2.75, 3.05) is 0 Å². The third kappa shape index (κ3) is 77.2. The van der Waals surface area contributed by atoms with Crippen molar-refractivity contribution in [3.63, 3.8) is 0 Å².